The summed E-state index contributed by atoms with van der Waals surface area (Å²) in [5.41, 5.74) is 0. The van der Waals surface area contributed by atoms with Crippen LogP contribution in [-0.4, -0.2) is 63.3 Å². The van der Waals surface area contributed by atoms with Crippen molar-refractivity contribution in [2.24, 2.45) is 11.8 Å². The molecule has 0 radical (unpaired) electrons. The van der Waals surface area contributed by atoms with Crippen LogP contribution in [0.15, 0.2) is 0 Å². The van der Waals surface area contributed by atoms with Crippen LogP contribution in [0, 0.1) is 11.8 Å². The number of hydrogen-bond acceptors (Lipinski definition) is 0. The van der Waals surface area contributed by atoms with E-state index in [1.165, 1.54) is 49.9 Å². The zero-order chi connectivity index (χ0) is 11.1. The summed E-state index contributed by atoms with van der Waals surface area (Å²) in [6.45, 7) is 5.68. The van der Waals surface area contributed by atoms with Gasteiger partial charge in [0.05, 0.1) is 54.4 Å². The second kappa shape index (κ2) is 3.74. The summed E-state index contributed by atoms with van der Waals surface area (Å²) in [7, 11) is 9.38. The molecular formula is C13H28N2+2. The Morgan fingerprint density at radius 1 is 1.07 bits per heavy atom. The van der Waals surface area contributed by atoms with Gasteiger partial charge in [-0.05, 0) is 12.8 Å². The standard InChI is InChI=1S/C13H28N2/c1-14(2,3)8-5-9-15(4)10-12-6-7-13(12)11-15/h12-13H,5-11H2,1-4H3/q+2/t12-,13-/m0/s1. The van der Waals surface area contributed by atoms with Crippen molar-refractivity contribution in [1.82, 2.24) is 0 Å². The van der Waals surface area contributed by atoms with Gasteiger partial charge in [0.15, 0.2) is 0 Å². The number of fused-ring (bicyclic) bond motifs is 1. The first-order valence-corrected chi connectivity index (χ1v) is 6.52. The van der Waals surface area contributed by atoms with Crippen molar-refractivity contribution in [2.45, 2.75) is 19.3 Å². The monoisotopic (exact) mass is 212 g/mol. The predicted molar refractivity (Wildman–Crippen MR) is 64.5 cm³/mol. The summed E-state index contributed by atoms with van der Waals surface area (Å²) < 4.78 is 2.49. The maximum Gasteiger partial charge on any atom is 0.0839 e. The number of likely N-dealkylation sites (tertiary alicyclic amines) is 1. The van der Waals surface area contributed by atoms with Crippen LogP contribution in [0.5, 0.6) is 0 Å². The highest BCUT2D eigenvalue weighted by Gasteiger charge is 2.47. The lowest BCUT2D eigenvalue weighted by Crippen LogP contribution is -2.45. The van der Waals surface area contributed by atoms with Crippen LogP contribution in [0.1, 0.15) is 19.3 Å². The molecular weight excluding hydrogens is 184 g/mol. The first kappa shape index (κ1) is 11.4. The van der Waals surface area contributed by atoms with Crippen molar-refractivity contribution in [2.75, 3.05) is 54.4 Å². The molecule has 2 rings (SSSR count). The Bertz CT molecular complexity index is 217. The highest BCUT2D eigenvalue weighted by molar-refractivity contribution is 4.85. The van der Waals surface area contributed by atoms with Crippen molar-refractivity contribution in [1.29, 1.82) is 0 Å². The smallest absolute Gasteiger partial charge is 0.0839 e. The molecule has 1 saturated heterocycles. The molecule has 0 amide bonds. The van der Waals surface area contributed by atoms with E-state index in [-0.39, 0.29) is 0 Å². The summed E-state index contributed by atoms with van der Waals surface area (Å²) in [5, 5.41) is 0. The molecule has 2 heteroatoms. The SMILES string of the molecule is C[N+](C)(C)CCC[N+]1(C)C[C@@H]2CC[C@H]2C1. The molecule has 0 aromatic heterocycles. The molecule has 15 heavy (non-hydrogen) atoms. The van der Waals surface area contributed by atoms with Gasteiger partial charge in [0, 0.05) is 18.3 Å². The summed E-state index contributed by atoms with van der Waals surface area (Å²) in [6, 6.07) is 0. The number of rotatable bonds is 4. The third kappa shape index (κ3) is 2.73. The fourth-order valence-electron chi connectivity index (χ4n) is 3.43. The topological polar surface area (TPSA) is 0 Å². The predicted octanol–water partition coefficient (Wildman–Crippen LogP) is 1.57. The molecule has 0 aromatic carbocycles. The Labute approximate surface area is 95.0 Å². The molecule has 1 heterocycles. The van der Waals surface area contributed by atoms with E-state index in [0.717, 1.165) is 16.3 Å². The zero-order valence-corrected chi connectivity index (χ0v) is 11.0. The molecule has 1 aliphatic carbocycles. The van der Waals surface area contributed by atoms with E-state index >= 15 is 0 Å². The largest absolute Gasteiger partial charge is 0.331 e. The summed E-state index contributed by atoms with van der Waals surface area (Å²) in [6.07, 6.45) is 4.43. The van der Waals surface area contributed by atoms with Crippen LogP contribution in [0.3, 0.4) is 0 Å². The third-order valence-electron chi connectivity index (χ3n) is 4.45. The molecule has 88 valence electrons. The first-order chi connectivity index (χ1) is 6.88. The third-order valence-corrected chi connectivity index (χ3v) is 4.45. The van der Waals surface area contributed by atoms with E-state index < -0.39 is 0 Å². The fourth-order valence-corrected chi connectivity index (χ4v) is 3.43. The van der Waals surface area contributed by atoms with Crippen LogP contribution in [0.4, 0.5) is 0 Å². The van der Waals surface area contributed by atoms with Gasteiger partial charge >= 0.3 is 0 Å². The molecule has 0 N–H and O–H groups in total. The molecule has 2 aliphatic rings. The van der Waals surface area contributed by atoms with Gasteiger partial charge in [-0.3, -0.25) is 0 Å². The minimum Gasteiger partial charge on any atom is -0.331 e. The van der Waals surface area contributed by atoms with Gasteiger partial charge in [-0.1, -0.05) is 0 Å². The van der Waals surface area contributed by atoms with E-state index in [1.807, 2.05) is 0 Å². The lowest BCUT2D eigenvalue weighted by Gasteiger charge is -2.31. The molecule has 0 spiro atoms. The van der Waals surface area contributed by atoms with Crippen LogP contribution >= 0.6 is 0 Å². The fraction of sp³-hybridized carbons (Fsp3) is 1.00. The zero-order valence-electron chi connectivity index (χ0n) is 11.0. The Hall–Kier alpha value is -0.0800. The highest BCUT2D eigenvalue weighted by atomic mass is 15.4. The average molecular weight is 212 g/mol. The minimum absolute atomic E-state index is 1.10. The molecule has 0 unspecified atom stereocenters. The molecule has 0 bridgehead atoms. The van der Waals surface area contributed by atoms with Crippen molar-refractivity contribution >= 4 is 0 Å². The van der Waals surface area contributed by atoms with Crippen LogP contribution in [-0.2, 0) is 0 Å². The summed E-state index contributed by atoms with van der Waals surface area (Å²) >= 11 is 0. The maximum atomic E-state index is 2.48. The van der Waals surface area contributed by atoms with E-state index in [0.29, 0.717) is 0 Å². The molecule has 2 atom stereocenters. The van der Waals surface area contributed by atoms with E-state index in [1.54, 1.807) is 0 Å². The van der Waals surface area contributed by atoms with Crippen molar-refractivity contribution in [3.8, 4) is 0 Å². The molecule has 1 aliphatic heterocycles. The Morgan fingerprint density at radius 3 is 2.00 bits per heavy atom. The van der Waals surface area contributed by atoms with Gasteiger partial charge < -0.3 is 8.97 Å². The van der Waals surface area contributed by atoms with Gasteiger partial charge in [0.1, 0.15) is 0 Å². The maximum absolute atomic E-state index is 2.48. The van der Waals surface area contributed by atoms with Crippen LogP contribution in [0.25, 0.3) is 0 Å². The second-order valence-electron chi connectivity index (χ2n) is 7.17. The highest BCUT2D eigenvalue weighted by Crippen LogP contribution is 2.43. The second-order valence-corrected chi connectivity index (χ2v) is 7.17. The normalized spacial score (nSPS) is 33.6. The summed E-state index contributed by atoms with van der Waals surface area (Å²) in [4.78, 5) is 0. The molecule has 0 aromatic rings. The lowest BCUT2D eigenvalue weighted by molar-refractivity contribution is -0.909. The van der Waals surface area contributed by atoms with Crippen LogP contribution < -0.4 is 0 Å². The van der Waals surface area contributed by atoms with E-state index in [4.69, 9.17) is 0 Å². The van der Waals surface area contributed by atoms with Gasteiger partial charge in [0.25, 0.3) is 0 Å². The van der Waals surface area contributed by atoms with Crippen molar-refractivity contribution in [3.63, 3.8) is 0 Å². The first-order valence-electron chi connectivity index (χ1n) is 6.52. The Morgan fingerprint density at radius 2 is 1.60 bits per heavy atom. The average Bonchev–Trinajstić information content (AvgIpc) is 2.27. The minimum atomic E-state index is 1.10. The molecule has 2 nitrogen and oxygen atoms in total. The summed E-state index contributed by atoms with van der Waals surface area (Å²) in [5.74, 6) is 2.19. The van der Waals surface area contributed by atoms with Crippen molar-refractivity contribution < 1.29 is 8.97 Å². The van der Waals surface area contributed by atoms with E-state index in [2.05, 4.69) is 28.2 Å². The Kier molecular flexibility index (Phi) is 2.85. The molecule has 1 saturated carbocycles. The van der Waals surface area contributed by atoms with Gasteiger partial charge in [-0.25, -0.2) is 0 Å². The lowest BCUT2D eigenvalue weighted by atomic mass is 9.77. The van der Waals surface area contributed by atoms with Gasteiger partial charge in [-0.15, -0.1) is 0 Å². The quantitative estimate of drug-likeness (QED) is 0.621. The molecule has 2 fully saturated rings. The number of hydrogen-bond donors (Lipinski definition) is 0. The number of quaternary nitrogens is 2. The van der Waals surface area contributed by atoms with Gasteiger partial charge in [0.2, 0.25) is 0 Å². The van der Waals surface area contributed by atoms with Crippen LogP contribution in [0.2, 0.25) is 0 Å². The Balaban J connectivity index is 1.74. The van der Waals surface area contributed by atoms with Gasteiger partial charge in [-0.2, -0.15) is 0 Å². The van der Waals surface area contributed by atoms with E-state index in [9.17, 15) is 0 Å². The van der Waals surface area contributed by atoms with Crippen molar-refractivity contribution in [3.05, 3.63) is 0 Å². The number of nitrogens with zero attached hydrogens (tertiary/aromatic N) is 2.